The van der Waals surface area contributed by atoms with E-state index in [-0.39, 0.29) is 18.2 Å². The molecule has 0 aliphatic heterocycles. The second-order valence-corrected chi connectivity index (χ2v) is 7.23. The summed E-state index contributed by atoms with van der Waals surface area (Å²) in [5.41, 5.74) is 0.836. The molecule has 0 radical (unpaired) electrons. The molecule has 0 heterocycles. The molecule has 5 heteroatoms. The van der Waals surface area contributed by atoms with E-state index in [9.17, 15) is 14.7 Å². The molecule has 0 aromatic heterocycles. The second-order valence-electron chi connectivity index (χ2n) is 7.23. The first-order valence-electron chi connectivity index (χ1n) is 8.74. The summed E-state index contributed by atoms with van der Waals surface area (Å²) >= 11 is 0. The van der Waals surface area contributed by atoms with E-state index >= 15 is 0 Å². The largest absolute Gasteiger partial charge is 0.389 e. The molecule has 1 saturated carbocycles. The Balaban J connectivity index is 1.83. The van der Waals surface area contributed by atoms with Crippen LogP contribution in [0.3, 0.4) is 0 Å². The van der Waals surface area contributed by atoms with Crippen LogP contribution in [0.25, 0.3) is 0 Å². The van der Waals surface area contributed by atoms with Crippen LogP contribution in [0.2, 0.25) is 0 Å². The van der Waals surface area contributed by atoms with Crippen molar-refractivity contribution in [3.63, 3.8) is 0 Å². The van der Waals surface area contributed by atoms with Crippen molar-refractivity contribution in [3.05, 3.63) is 29.8 Å². The molecule has 1 aromatic carbocycles. The summed E-state index contributed by atoms with van der Waals surface area (Å²) < 4.78 is 0. The number of carbonyl (C=O) groups excluding carboxylic acids is 2. The van der Waals surface area contributed by atoms with Crippen molar-refractivity contribution in [3.8, 4) is 0 Å². The van der Waals surface area contributed by atoms with Gasteiger partial charge in [0.2, 0.25) is 11.8 Å². The lowest BCUT2D eigenvalue weighted by molar-refractivity contribution is -0.126. The quantitative estimate of drug-likeness (QED) is 0.718. The van der Waals surface area contributed by atoms with Crippen molar-refractivity contribution in [2.45, 2.75) is 64.5 Å². The SMILES string of the molecule is CC(C)CC(=O)Nc1cccc(CNC(=O)CC2(O)CCCC2)c1. The molecule has 5 nitrogen and oxygen atoms in total. The van der Waals surface area contributed by atoms with Gasteiger partial charge in [-0.1, -0.05) is 38.8 Å². The molecule has 0 spiro atoms. The molecule has 2 rings (SSSR count). The predicted octanol–water partition coefficient (Wildman–Crippen LogP) is 2.98. The fraction of sp³-hybridized carbons (Fsp3) is 0.579. The smallest absolute Gasteiger partial charge is 0.224 e. The van der Waals surface area contributed by atoms with E-state index in [0.29, 0.717) is 31.7 Å². The Morgan fingerprint density at radius 2 is 1.92 bits per heavy atom. The molecule has 0 atom stereocenters. The number of hydrogen-bond donors (Lipinski definition) is 3. The second kappa shape index (κ2) is 8.29. The highest BCUT2D eigenvalue weighted by atomic mass is 16.3. The van der Waals surface area contributed by atoms with Gasteiger partial charge in [0.25, 0.3) is 0 Å². The third kappa shape index (κ3) is 5.96. The van der Waals surface area contributed by atoms with Crippen molar-refractivity contribution in [1.82, 2.24) is 5.32 Å². The molecule has 1 aromatic rings. The summed E-state index contributed by atoms with van der Waals surface area (Å²) in [6.07, 6.45) is 4.04. The van der Waals surface area contributed by atoms with E-state index in [1.807, 2.05) is 38.1 Å². The maximum atomic E-state index is 12.0. The zero-order chi connectivity index (χ0) is 17.6. The average Bonchev–Trinajstić information content (AvgIpc) is 2.91. The molecular formula is C19H28N2O3. The Hall–Kier alpha value is -1.88. The summed E-state index contributed by atoms with van der Waals surface area (Å²) in [6, 6.07) is 7.47. The Morgan fingerprint density at radius 3 is 2.58 bits per heavy atom. The van der Waals surface area contributed by atoms with Gasteiger partial charge in [-0.25, -0.2) is 0 Å². The third-order valence-corrected chi connectivity index (χ3v) is 4.32. The van der Waals surface area contributed by atoms with Crippen LogP contribution in [0.4, 0.5) is 5.69 Å². The molecule has 132 valence electrons. The van der Waals surface area contributed by atoms with Gasteiger partial charge < -0.3 is 15.7 Å². The molecule has 24 heavy (non-hydrogen) atoms. The zero-order valence-electron chi connectivity index (χ0n) is 14.6. The minimum Gasteiger partial charge on any atom is -0.389 e. The Kier molecular flexibility index (Phi) is 6.37. The molecule has 2 amide bonds. The topological polar surface area (TPSA) is 78.4 Å². The summed E-state index contributed by atoms with van der Waals surface area (Å²) in [4.78, 5) is 23.8. The molecule has 1 aliphatic rings. The van der Waals surface area contributed by atoms with Gasteiger partial charge in [-0.2, -0.15) is 0 Å². The fourth-order valence-electron chi connectivity index (χ4n) is 3.11. The summed E-state index contributed by atoms with van der Waals surface area (Å²) in [5.74, 6) is 0.178. The van der Waals surface area contributed by atoms with E-state index in [4.69, 9.17) is 0 Å². The van der Waals surface area contributed by atoms with Gasteiger partial charge in [0.1, 0.15) is 0 Å². The molecule has 0 bridgehead atoms. The van der Waals surface area contributed by atoms with Gasteiger partial charge >= 0.3 is 0 Å². The Labute approximate surface area is 143 Å². The number of hydrogen-bond acceptors (Lipinski definition) is 3. The van der Waals surface area contributed by atoms with Gasteiger partial charge in [0.15, 0.2) is 0 Å². The van der Waals surface area contributed by atoms with E-state index in [1.165, 1.54) is 0 Å². The lowest BCUT2D eigenvalue weighted by Gasteiger charge is -2.21. The van der Waals surface area contributed by atoms with Crippen LogP contribution in [-0.2, 0) is 16.1 Å². The zero-order valence-corrected chi connectivity index (χ0v) is 14.6. The lowest BCUT2D eigenvalue weighted by atomic mass is 9.97. The first-order chi connectivity index (χ1) is 11.4. The number of carbonyl (C=O) groups is 2. The minimum absolute atomic E-state index is 0.00496. The van der Waals surface area contributed by atoms with Crippen molar-refractivity contribution < 1.29 is 14.7 Å². The maximum Gasteiger partial charge on any atom is 0.224 e. The number of amides is 2. The fourth-order valence-corrected chi connectivity index (χ4v) is 3.11. The van der Waals surface area contributed by atoms with Crippen LogP contribution in [-0.4, -0.2) is 22.5 Å². The van der Waals surface area contributed by atoms with E-state index in [1.54, 1.807) is 0 Å². The first kappa shape index (κ1) is 18.5. The highest BCUT2D eigenvalue weighted by Crippen LogP contribution is 2.32. The standard InChI is InChI=1S/C19H28N2O3/c1-14(2)10-17(22)21-16-7-5-6-15(11-16)13-20-18(23)12-19(24)8-3-4-9-19/h5-7,11,14,24H,3-4,8-10,12-13H2,1-2H3,(H,20,23)(H,21,22). The van der Waals surface area contributed by atoms with Gasteiger partial charge in [-0.05, 0) is 36.5 Å². The number of benzene rings is 1. The van der Waals surface area contributed by atoms with E-state index < -0.39 is 5.60 Å². The van der Waals surface area contributed by atoms with Crippen LogP contribution in [0.5, 0.6) is 0 Å². The molecule has 1 aliphatic carbocycles. The van der Waals surface area contributed by atoms with Crippen LogP contribution in [0.15, 0.2) is 24.3 Å². The summed E-state index contributed by atoms with van der Waals surface area (Å²) in [6.45, 7) is 4.40. The summed E-state index contributed by atoms with van der Waals surface area (Å²) in [5, 5.41) is 16.0. The highest BCUT2D eigenvalue weighted by molar-refractivity contribution is 5.90. The normalized spacial score (nSPS) is 16.2. The van der Waals surface area contributed by atoms with Gasteiger partial charge in [-0.15, -0.1) is 0 Å². The Bertz CT molecular complexity index is 578. The van der Waals surface area contributed by atoms with E-state index in [0.717, 1.165) is 24.1 Å². The van der Waals surface area contributed by atoms with Crippen molar-refractivity contribution in [2.24, 2.45) is 5.92 Å². The van der Waals surface area contributed by atoms with Crippen molar-refractivity contribution in [2.75, 3.05) is 5.32 Å². The van der Waals surface area contributed by atoms with E-state index in [2.05, 4.69) is 10.6 Å². The van der Waals surface area contributed by atoms with Crippen molar-refractivity contribution >= 4 is 17.5 Å². The first-order valence-corrected chi connectivity index (χ1v) is 8.74. The molecule has 0 unspecified atom stereocenters. The average molecular weight is 332 g/mol. The molecule has 3 N–H and O–H groups in total. The van der Waals surface area contributed by atoms with Crippen LogP contribution < -0.4 is 10.6 Å². The van der Waals surface area contributed by atoms with Gasteiger partial charge in [0.05, 0.1) is 12.0 Å². The Morgan fingerprint density at radius 1 is 1.21 bits per heavy atom. The van der Waals surface area contributed by atoms with Crippen LogP contribution >= 0.6 is 0 Å². The number of anilines is 1. The number of rotatable bonds is 7. The lowest BCUT2D eigenvalue weighted by Crippen LogP contribution is -2.34. The van der Waals surface area contributed by atoms with Crippen LogP contribution in [0, 0.1) is 5.92 Å². The molecule has 1 fully saturated rings. The molecule has 0 saturated heterocycles. The molecular weight excluding hydrogens is 304 g/mol. The van der Waals surface area contributed by atoms with Gasteiger partial charge in [0, 0.05) is 18.7 Å². The number of nitrogens with one attached hydrogen (secondary N) is 2. The maximum absolute atomic E-state index is 12.0. The monoisotopic (exact) mass is 332 g/mol. The predicted molar refractivity (Wildman–Crippen MR) is 94.4 cm³/mol. The number of aliphatic hydroxyl groups is 1. The van der Waals surface area contributed by atoms with Crippen molar-refractivity contribution in [1.29, 1.82) is 0 Å². The highest BCUT2D eigenvalue weighted by Gasteiger charge is 2.33. The van der Waals surface area contributed by atoms with Gasteiger partial charge in [-0.3, -0.25) is 9.59 Å². The summed E-state index contributed by atoms with van der Waals surface area (Å²) in [7, 11) is 0. The minimum atomic E-state index is -0.823. The third-order valence-electron chi connectivity index (χ3n) is 4.32. The van der Waals surface area contributed by atoms with Crippen LogP contribution in [0.1, 0.15) is 57.9 Å².